The van der Waals surface area contributed by atoms with E-state index >= 15 is 0 Å². The molecule has 0 aromatic rings. The Labute approximate surface area is 112 Å². The third kappa shape index (κ3) is 7.68. The average Bonchev–Trinajstić information content (AvgIpc) is 2.34. The van der Waals surface area contributed by atoms with Gasteiger partial charge in [0.05, 0.1) is 13.2 Å². The number of carbonyl (C=O) groups excluding carboxylic acids is 2. The Kier molecular flexibility index (Phi) is 8.04. The van der Waals surface area contributed by atoms with Crippen LogP contribution in [0.25, 0.3) is 0 Å². The second kappa shape index (κ2) is 9.35. The van der Waals surface area contributed by atoms with Gasteiger partial charge in [0.2, 0.25) is 0 Å². The van der Waals surface area contributed by atoms with Crippen LogP contribution in [0.5, 0.6) is 0 Å². The number of hydrogen-bond acceptors (Lipinski definition) is 6. The van der Waals surface area contributed by atoms with Crippen LogP contribution >= 0.6 is 11.8 Å². The molecular weight excluding hydrogens is 254 g/mol. The molecule has 18 heavy (non-hydrogen) atoms. The number of nitrogens with zero attached hydrogens (tertiary/aromatic N) is 1. The van der Waals surface area contributed by atoms with Crippen molar-refractivity contribution in [1.82, 2.24) is 4.90 Å². The van der Waals surface area contributed by atoms with Crippen molar-refractivity contribution in [3.8, 4) is 0 Å². The zero-order valence-electron chi connectivity index (χ0n) is 10.9. The molecule has 0 N–H and O–H groups in total. The number of esters is 1. The largest absolute Gasteiger partial charge is 0.464 e. The Morgan fingerprint density at radius 3 is 2.67 bits per heavy atom. The molecule has 1 aliphatic heterocycles. The molecule has 6 heteroatoms. The van der Waals surface area contributed by atoms with Crippen LogP contribution in [0.15, 0.2) is 0 Å². The van der Waals surface area contributed by atoms with Crippen molar-refractivity contribution in [2.45, 2.75) is 13.3 Å². The normalized spacial score (nSPS) is 16.5. The van der Waals surface area contributed by atoms with Crippen LogP contribution in [-0.4, -0.2) is 67.6 Å². The van der Waals surface area contributed by atoms with Crippen LogP contribution in [0.3, 0.4) is 0 Å². The lowest BCUT2D eigenvalue weighted by atomic mass is 10.3. The van der Waals surface area contributed by atoms with Crippen molar-refractivity contribution in [2.75, 3.05) is 51.0 Å². The number of Topliss-reactive ketones (excluding diaryl/α,β-unsaturated/α-hetero) is 1. The lowest BCUT2D eigenvalue weighted by Crippen LogP contribution is -2.37. The number of ether oxygens (including phenoxy) is 2. The first-order chi connectivity index (χ1) is 8.68. The van der Waals surface area contributed by atoms with Gasteiger partial charge in [0.1, 0.15) is 18.8 Å². The first-order valence-corrected chi connectivity index (χ1v) is 7.37. The number of hydrogen-bond donors (Lipinski definition) is 0. The lowest BCUT2D eigenvalue weighted by molar-refractivity contribution is -0.145. The van der Waals surface area contributed by atoms with E-state index in [4.69, 9.17) is 9.47 Å². The van der Waals surface area contributed by atoms with Gasteiger partial charge in [-0.2, -0.15) is 11.8 Å². The van der Waals surface area contributed by atoms with Gasteiger partial charge in [-0.25, -0.2) is 0 Å². The molecule has 0 aliphatic carbocycles. The molecule has 0 aromatic heterocycles. The molecule has 1 heterocycles. The summed E-state index contributed by atoms with van der Waals surface area (Å²) < 4.78 is 10.2. The topological polar surface area (TPSA) is 55.8 Å². The summed E-state index contributed by atoms with van der Waals surface area (Å²) in [6.07, 6.45) is -0.113. The molecule has 0 saturated carbocycles. The standard InChI is InChI=1S/C12H21NO4S/c1-11(14)10-12(15)17-7-9-18-8-4-13-2-5-16-6-3-13/h2-10H2,1H3. The summed E-state index contributed by atoms with van der Waals surface area (Å²) in [5, 5.41) is 0. The van der Waals surface area contributed by atoms with Crippen LogP contribution in [-0.2, 0) is 19.1 Å². The molecule has 0 bridgehead atoms. The maximum atomic E-state index is 11.1. The summed E-state index contributed by atoms with van der Waals surface area (Å²) in [5.41, 5.74) is 0. The van der Waals surface area contributed by atoms with Gasteiger partial charge in [-0.3, -0.25) is 14.5 Å². The van der Waals surface area contributed by atoms with Gasteiger partial charge in [-0.1, -0.05) is 0 Å². The second-order valence-corrected chi connectivity index (χ2v) is 5.39. The monoisotopic (exact) mass is 275 g/mol. The van der Waals surface area contributed by atoms with Crippen LogP contribution < -0.4 is 0 Å². The van der Waals surface area contributed by atoms with Gasteiger partial charge in [0.15, 0.2) is 0 Å². The maximum Gasteiger partial charge on any atom is 0.313 e. The van der Waals surface area contributed by atoms with Gasteiger partial charge in [0, 0.05) is 31.1 Å². The minimum absolute atomic E-state index is 0.113. The molecule has 0 amide bonds. The SMILES string of the molecule is CC(=O)CC(=O)OCCSCCN1CCOCC1. The molecule has 0 radical (unpaired) electrons. The van der Waals surface area contributed by atoms with E-state index in [1.165, 1.54) is 6.92 Å². The summed E-state index contributed by atoms with van der Waals surface area (Å²) in [6, 6.07) is 0. The molecular formula is C12H21NO4S. The molecule has 1 rings (SSSR count). The molecule has 0 unspecified atom stereocenters. The molecule has 0 spiro atoms. The summed E-state index contributed by atoms with van der Waals surface area (Å²) >= 11 is 1.76. The zero-order valence-corrected chi connectivity index (χ0v) is 11.7. The fraction of sp³-hybridized carbons (Fsp3) is 0.833. The lowest BCUT2D eigenvalue weighted by Gasteiger charge is -2.26. The number of thioether (sulfide) groups is 1. The fourth-order valence-corrected chi connectivity index (χ4v) is 2.38. The Bertz CT molecular complexity index is 267. The molecule has 0 aromatic carbocycles. The van der Waals surface area contributed by atoms with Gasteiger partial charge >= 0.3 is 5.97 Å². The minimum Gasteiger partial charge on any atom is -0.464 e. The second-order valence-electron chi connectivity index (χ2n) is 4.17. The van der Waals surface area contributed by atoms with E-state index in [-0.39, 0.29) is 12.2 Å². The van der Waals surface area contributed by atoms with E-state index in [0.717, 1.165) is 44.4 Å². The van der Waals surface area contributed by atoms with E-state index in [1.807, 2.05) is 0 Å². The van der Waals surface area contributed by atoms with Crippen molar-refractivity contribution in [1.29, 1.82) is 0 Å². The minimum atomic E-state index is -0.420. The Balaban J connectivity index is 1.89. The number of morpholine rings is 1. The summed E-state index contributed by atoms with van der Waals surface area (Å²) in [5.74, 6) is 1.24. The van der Waals surface area contributed by atoms with E-state index < -0.39 is 5.97 Å². The highest BCUT2D eigenvalue weighted by molar-refractivity contribution is 7.99. The maximum absolute atomic E-state index is 11.1. The smallest absolute Gasteiger partial charge is 0.313 e. The van der Waals surface area contributed by atoms with E-state index in [2.05, 4.69) is 4.90 Å². The molecule has 1 saturated heterocycles. The number of ketones is 1. The van der Waals surface area contributed by atoms with Gasteiger partial charge in [-0.05, 0) is 6.92 Å². The van der Waals surface area contributed by atoms with E-state index in [1.54, 1.807) is 11.8 Å². The molecule has 0 atom stereocenters. The van der Waals surface area contributed by atoms with Gasteiger partial charge in [0.25, 0.3) is 0 Å². The Morgan fingerprint density at radius 2 is 2.00 bits per heavy atom. The third-order valence-electron chi connectivity index (χ3n) is 2.54. The quantitative estimate of drug-likeness (QED) is 0.367. The third-order valence-corrected chi connectivity index (χ3v) is 3.47. The van der Waals surface area contributed by atoms with Crippen LogP contribution in [0.1, 0.15) is 13.3 Å². The van der Waals surface area contributed by atoms with Crippen molar-refractivity contribution < 1.29 is 19.1 Å². The van der Waals surface area contributed by atoms with Crippen molar-refractivity contribution >= 4 is 23.5 Å². The van der Waals surface area contributed by atoms with E-state index in [9.17, 15) is 9.59 Å². The van der Waals surface area contributed by atoms with Crippen molar-refractivity contribution in [3.63, 3.8) is 0 Å². The Morgan fingerprint density at radius 1 is 1.28 bits per heavy atom. The highest BCUT2D eigenvalue weighted by Gasteiger charge is 2.09. The predicted octanol–water partition coefficient (Wildman–Crippen LogP) is 0.574. The highest BCUT2D eigenvalue weighted by atomic mass is 32.2. The first kappa shape index (κ1) is 15.5. The summed E-state index contributed by atoms with van der Waals surface area (Å²) in [7, 11) is 0. The summed E-state index contributed by atoms with van der Waals surface area (Å²) in [4.78, 5) is 24.1. The molecule has 5 nitrogen and oxygen atoms in total. The highest BCUT2D eigenvalue weighted by Crippen LogP contribution is 2.03. The summed E-state index contributed by atoms with van der Waals surface area (Å²) in [6.45, 7) is 6.50. The van der Waals surface area contributed by atoms with E-state index in [0.29, 0.717) is 6.61 Å². The van der Waals surface area contributed by atoms with Gasteiger partial charge in [-0.15, -0.1) is 0 Å². The number of carbonyl (C=O) groups is 2. The molecule has 1 fully saturated rings. The first-order valence-electron chi connectivity index (χ1n) is 6.21. The predicted molar refractivity (Wildman–Crippen MR) is 70.8 cm³/mol. The van der Waals surface area contributed by atoms with Crippen molar-refractivity contribution in [3.05, 3.63) is 0 Å². The molecule has 104 valence electrons. The molecule has 1 aliphatic rings. The fourth-order valence-electron chi connectivity index (χ4n) is 1.59. The zero-order chi connectivity index (χ0) is 13.2. The number of rotatable bonds is 8. The van der Waals surface area contributed by atoms with Crippen molar-refractivity contribution in [2.24, 2.45) is 0 Å². The average molecular weight is 275 g/mol. The Hall–Kier alpha value is -0.590. The van der Waals surface area contributed by atoms with Crippen LogP contribution in [0.4, 0.5) is 0 Å². The van der Waals surface area contributed by atoms with Crippen LogP contribution in [0, 0.1) is 0 Å². The van der Waals surface area contributed by atoms with Gasteiger partial charge < -0.3 is 9.47 Å². The van der Waals surface area contributed by atoms with Crippen LogP contribution in [0.2, 0.25) is 0 Å².